The zero-order valence-electron chi connectivity index (χ0n) is 9.49. The van der Waals surface area contributed by atoms with Gasteiger partial charge in [-0.05, 0) is 43.7 Å². The van der Waals surface area contributed by atoms with Gasteiger partial charge in [0.05, 0.1) is 0 Å². The fourth-order valence-electron chi connectivity index (χ4n) is 1.83. The van der Waals surface area contributed by atoms with Gasteiger partial charge in [-0.25, -0.2) is 0 Å². The molecule has 1 nitrogen and oxygen atoms in total. The fraction of sp³-hybridized carbons (Fsp3) is 0.667. The summed E-state index contributed by atoms with van der Waals surface area (Å²) in [5.74, 6) is 0.749. The number of aromatic amines is 1. The van der Waals surface area contributed by atoms with E-state index in [0.29, 0.717) is 0 Å². The highest BCUT2D eigenvalue weighted by molar-refractivity contribution is 5.35. The Labute approximate surface area is 81.6 Å². The van der Waals surface area contributed by atoms with E-state index in [4.69, 9.17) is 0 Å². The fourth-order valence-corrected chi connectivity index (χ4v) is 1.83. The lowest BCUT2D eigenvalue weighted by molar-refractivity contribution is 0.641. The third kappa shape index (κ3) is 2.15. The molecule has 1 aromatic heterocycles. The number of hydrogen-bond acceptors (Lipinski definition) is 0. The predicted octanol–water partition coefficient (Wildman–Crippen LogP) is 3.39. The molecule has 0 saturated heterocycles. The molecule has 13 heavy (non-hydrogen) atoms. The van der Waals surface area contributed by atoms with Crippen molar-refractivity contribution in [3.8, 4) is 0 Å². The monoisotopic (exact) mass is 179 g/mol. The van der Waals surface area contributed by atoms with Gasteiger partial charge in [0.1, 0.15) is 0 Å². The maximum atomic E-state index is 3.47. The third-order valence-electron chi connectivity index (χ3n) is 2.68. The average molecular weight is 179 g/mol. The quantitative estimate of drug-likeness (QED) is 0.732. The van der Waals surface area contributed by atoms with E-state index >= 15 is 0 Å². The van der Waals surface area contributed by atoms with Crippen molar-refractivity contribution in [3.63, 3.8) is 0 Å². The van der Waals surface area contributed by atoms with Crippen LogP contribution in [0.15, 0.2) is 0 Å². The first-order valence-corrected chi connectivity index (χ1v) is 5.23. The van der Waals surface area contributed by atoms with Crippen molar-refractivity contribution in [1.29, 1.82) is 0 Å². The molecule has 0 spiro atoms. The summed E-state index contributed by atoms with van der Waals surface area (Å²) in [6.45, 7) is 11.2. The van der Waals surface area contributed by atoms with Crippen molar-refractivity contribution < 1.29 is 0 Å². The maximum Gasteiger partial charge on any atom is 0.0181 e. The Balaban J connectivity index is 3.01. The van der Waals surface area contributed by atoms with Crippen LogP contribution in [0.2, 0.25) is 0 Å². The molecule has 1 rings (SSSR count). The molecule has 0 aliphatic carbocycles. The molecule has 0 amide bonds. The predicted molar refractivity (Wildman–Crippen MR) is 58.2 cm³/mol. The molecule has 1 aromatic rings. The lowest BCUT2D eigenvalue weighted by atomic mass is 9.98. The lowest BCUT2D eigenvalue weighted by Crippen LogP contribution is -1.98. The Bertz CT molecular complexity index is 282. The molecule has 1 heteroatoms. The topological polar surface area (TPSA) is 15.8 Å². The lowest BCUT2D eigenvalue weighted by Gasteiger charge is -2.06. The van der Waals surface area contributed by atoms with Gasteiger partial charge >= 0.3 is 0 Å². The van der Waals surface area contributed by atoms with Crippen molar-refractivity contribution in [2.75, 3.05) is 0 Å². The molecule has 1 N–H and O–H groups in total. The van der Waals surface area contributed by atoms with Gasteiger partial charge in [0.2, 0.25) is 0 Å². The van der Waals surface area contributed by atoms with Crippen LogP contribution in [0.1, 0.15) is 43.3 Å². The van der Waals surface area contributed by atoms with E-state index in [9.17, 15) is 0 Å². The van der Waals surface area contributed by atoms with Crippen molar-refractivity contribution >= 4 is 0 Å². The number of H-pyrrole nitrogens is 1. The smallest absolute Gasteiger partial charge is 0.0181 e. The van der Waals surface area contributed by atoms with Crippen LogP contribution in [0.4, 0.5) is 0 Å². The molecule has 0 unspecified atom stereocenters. The summed E-state index contributed by atoms with van der Waals surface area (Å²) in [6, 6.07) is 0. The second kappa shape index (κ2) is 3.99. The van der Waals surface area contributed by atoms with E-state index < -0.39 is 0 Å². The largest absolute Gasteiger partial charge is 0.362 e. The van der Waals surface area contributed by atoms with Crippen molar-refractivity contribution in [3.05, 3.63) is 22.5 Å². The summed E-state index contributed by atoms with van der Waals surface area (Å²) in [6.07, 6.45) is 2.33. The second-order valence-electron chi connectivity index (χ2n) is 4.28. The summed E-state index contributed by atoms with van der Waals surface area (Å²) in [5.41, 5.74) is 5.79. The highest BCUT2D eigenvalue weighted by atomic mass is 14.7. The third-order valence-corrected chi connectivity index (χ3v) is 2.68. The first-order chi connectivity index (χ1) is 6.06. The van der Waals surface area contributed by atoms with Crippen LogP contribution in [-0.4, -0.2) is 4.98 Å². The van der Waals surface area contributed by atoms with E-state index in [2.05, 4.69) is 39.6 Å². The van der Waals surface area contributed by atoms with Crippen LogP contribution in [0.5, 0.6) is 0 Å². The normalized spacial score (nSPS) is 11.2. The molecule has 0 aliphatic heterocycles. The molecule has 0 aromatic carbocycles. The van der Waals surface area contributed by atoms with Gasteiger partial charge in [-0.15, -0.1) is 0 Å². The number of nitrogens with one attached hydrogen (secondary N) is 1. The van der Waals surface area contributed by atoms with Gasteiger partial charge in [-0.2, -0.15) is 0 Å². The Morgan fingerprint density at radius 2 is 1.85 bits per heavy atom. The van der Waals surface area contributed by atoms with Gasteiger partial charge < -0.3 is 4.98 Å². The van der Waals surface area contributed by atoms with Gasteiger partial charge in [-0.1, -0.05) is 20.8 Å². The number of rotatable bonds is 3. The Kier molecular flexibility index (Phi) is 3.18. The summed E-state index contributed by atoms with van der Waals surface area (Å²) in [5, 5.41) is 0. The molecule has 74 valence electrons. The molecular formula is C12H21N. The van der Waals surface area contributed by atoms with E-state index in [0.717, 1.165) is 12.3 Å². The highest BCUT2D eigenvalue weighted by Gasteiger charge is 2.10. The Morgan fingerprint density at radius 3 is 2.31 bits per heavy atom. The van der Waals surface area contributed by atoms with Crippen LogP contribution in [0, 0.1) is 19.8 Å². The number of hydrogen-bond donors (Lipinski definition) is 1. The minimum absolute atomic E-state index is 0.749. The van der Waals surface area contributed by atoms with E-state index in [1.165, 1.54) is 23.4 Å². The first kappa shape index (κ1) is 10.4. The van der Waals surface area contributed by atoms with Gasteiger partial charge in [0.25, 0.3) is 0 Å². The molecule has 0 aliphatic rings. The van der Waals surface area contributed by atoms with Crippen LogP contribution >= 0.6 is 0 Å². The summed E-state index contributed by atoms with van der Waals surface area (Å²) in [4.78, 5) is 3.47. The summed E-state index contributed by atoms with van der Waals surface area (Å²) < 4.78 is 0. The molecule has 0 saturated carbocycles. The van der Waals surface area contributed by atoms with Gasteiger partial charge in [0, 0.05) is 11.4 Å². The minimum atomic E-state index is 0.749. The van der Waals surface area contributed by atoms with Crippen molar-refractivity contribution in [1.82, 2.24) is 4.98 Å². The highest BCUT2D eigenvalue weighted by Crippen LogP contribution is 2.21. The van der Waals surface area contributed by atoms with E-state index in [1.807, 2.05) is 0 Å². The van der Waals surface area contributed by atoms with Crippen molar-refractivity contribution in [2.45, 2.75) is 47.5 Å². The molecule has 0 atom stereocenters. The first-order valence-electron chi connectivity index (χ1n) is 5.23. The zero-order valence-corrected chi connectivity index (χ0v) is 9.49. The van der Waals surface area contributed by atoms with E-state index in [-0.39, 0.29) is 0 Å². The van der Waals surface area contributed by atoms with Gasteiger partial charge in [-0.3, -0.25) is 0 Å². The summed E-state index contributed by atoms with van der Waals surface area (Å²) in [7, 11) is 0. The number of aromatic nitrogens is 1. The molecule has 0 fully saturated rings. The Hall–Kier alpha value is -0.720. The van der Waals surface area contributed by atoms with Crippen LogP contribution in [0.25, 0.3) is 0 Å². The van der Waals surface area contributed by atoms with Crippen molar-refractivity contribution in [2.24, 2.45) is 5.92 Å². The van der Waals surface area contributed by atoms with Crippen LogP contribution < -0.4 is 0 Å². The number of aryl methyl sites for hydroxylation is 2. The SMILES string of the molecule is CCc1[nH]c(C)c(C)c1CC(C)C. The average Bonchev–Trinajstić information content (AvgIpc) is 2.31. The maximum absolute atomic E-state index is 3.47. The molecule has 0 bridgehead atoms. The van der Waals surface area contributed by atoms with Crippen LogP contribution in [0.3, 0.4) is 0 Å². The Morgan fingerprint density at radius 1 is 1.23 bits per heavy atom. The minimum Gasteiger partial charge on any atom is -0.362 e. The molecular weight excluding hydrogens is 158 g/mol. The van der Waals surface area contributed by atoms with Crippen LogP contribution in [-0.2, 0) is 12.8 Å². The zero-order chi connectivity index (χ0) is 10.0. The van der Waals surface area contributed by atoms with Gasteiger partial charge in [0.15, 0.2) is 0 Å². The molecule has 1 heterocycles. The van der Waals surface area contributed by atoms with E-state index in [1.54, 1.807) is 5.56 Å². The molecule has 0 radical (unpaired) electrons. The second-order valence-corrected chi connectivity index (χ2v) is 4.28. The standard InChI is InChI=1S/C12H21N/c1-6-12-11(7-8(2)3)9(4)10(5)13-12/h8,13H,6-7H2,1-5H3. The summed E-state index contributed by atoms with van der Waals surface area (Å²) >= 11 is 0.